The lowest BCUT2D eigenvalue weighted by atomic mass is 9.75. The Morgan fingerprint density at radius 3 is 2.39 bits per heavy atom. The molecule has 0 radical (unpaired) electrons. The minimum Gasteiger partial charge on any atom is -0.497 e. The van der Waals surface area contributed by atoms with Gasteiger partial charge in [-0.25, -0.2) is 4.79 Å². The third-order valence-corrected chi connectivity index (χ3v) is 6.27. The van der Waals surface area contributed by atoms with Crippen LogP contribution in [0.3, 0.4) is 0 Å². The normalized spacial score (nSPS) is 17.9. The molecular formula is C27H30N2O4. The van der Waals surface area contributed by atoms with Crippen molar-refractivity contribution in [2.75, 3.05) is 26.1 Å². The Kier molecular flexibility index (Phi) is 6.54. The number of methoxy groups -OCH3 is 1. The molecule has 0 unspecified atom stereocenters. The molecule has 1 aliphatic heterocycles. The minimum atomic E-state index is -0.436. The number of Topliss-reactive ketones (excluding diaryl/α,β-unsaturated/α-hetero) is 1. The van der Waals surface area contributed by atoms with Crippen molar-refractivity contribution >= 4 is 17.4 Å². The lowest BCUT2D eigenvalue weighted by Gasteiger charge is -2.34. The van der Waals surface area contributed by atoms with Gasteiger partial charge >= 0.3 is 5.97 Å². The standard InChI is InChI=1S/C27H30N2O4/c1-17-24(27(31)33-16-18-8-14-21(32-4)15-9-18)25(19-10-12-20(13-11-19)29(2)3)26-22(28-17)6-5-7-23(26)30/h8-15,25,28H,5-7,16H2,1-4H3/t25-/m1/s1. The smallest absolute Gasteiger partial charge is 0.337 e. The predicted octanol–water partition coefficient (Wildman–Crippen LogP) is 4.47. The Morgan fingerprint density at radius 2 is 1.76 bits per heavy atom. The first-order valence-corrected chi connectivity index (χ1v) is 11.2. The van der Waals surface area contributed by atoms with Crippen LogP contribution in [0, 0.1) is 0 Å². The summed E-state index contributed by atoms with van der Waals surface area (Å²) in [5.41, 5.74) is 5.70. The molecule has 33 heavy (non-hydrogen) atoms. The number of allylic oxidation sites excluding steroid dienone is 3. The minimum absolute atomic E-state index is 0.0957. The van der Waals surface area contributed by atoms with Crippen LogP contribution < -0.4 is 15.0 Å². The highest BCUT2D eigenvalue weighted by Crippen LogP contribution is 2.42. The third-order valence-electron chi connectivity index (χ3n) is 6.27. The van der Waals surface area contributed by atoms with Crippen molar-refractivity contribution in [2.45, 2.75) is 38.7 Å². The molecule has 0 spiro atoms. The molecule has 0 aromatic heterocycles. The fraction of sp³-hybridized carbons (Fsp3) is 0.333. The van der Waals surface area contributed by atoms with Crippen molar-refractivity contribution in [3.05, 3.63) is 82.2 Å². The fourth-order valence-electron chi connectivity index (χ4n) is 4.50. The van der Waals surface area contributed by atoms with E-state index in [0.29, 0.717) is 17.6 Å². The number of anilines is 1. The lowest BCUT2D eigenvalue weighted by molar-refractivity contribution is -0.140. The summed E-state index contributed by atoms with van der Waals surface area (Å²) in [4.78, 5) is 28.4. The van der Waals surface area contributed by atoms with E-state index in [4.69, 9.17) is 9.47 Å². The molecule has 6 heteroatoms. The van der Waals surface area contributed by atoms with E-state index >= 15 is 0 Å². The van der Waals surface area contributed by atoms with Crippen LogP contribution in [-0.2, 0) is 20.9 Å². The van der Waals surface area contributed by atoms with E-state index in [1.54, 1.807) is 7.11 Å². The van der Waals surface area contributed by atoms with Crippen LogP contribution >= 0.6 is 0 Å². The number of hydrogen-bond acceptors (Lipinski definition) is 6. The molecule has 0 bridgehead atoms. The molecule has 1 aliphatic carbocycles. The summed E-state index contributed by atoms with van der Waals surface area (Å²) in [6, 6.07) is 15.4. The highest BCUT2D eigenvalue weighted by Gasteiger charge is 2.39. The van der Waals surface area contributed by atoms with Gasteiger partial charge in [0, 0.05) is 49.1 Å². The number of dihydropyridines is 1. The second-order valence-corrected chi connectivity index (χ2v) is 8.68. The van der Waals surface area contributed by atoms with Crippen LogP contribution in [0.2, 0.25) is 0 Å². The summed E-state index contributed by atoms with van der Waals surface area (Å²) in [7, 11) is 5.58. The van der Waals surface area contributed by atoms with Crippen molar-refractivity contribution in [3.63, 3.8) is 0 Å². The maximum Gasteiger partial charge on any atom is 0.337 e. The van der Waals surface area contributed by atoms with Crippen LogP contribution in [0.5, 0.6) is 5.75 Å². The van der Waals surface area contributed by atoms with E-state index < -0.39 is 11.9 Å². The van der Waals surface area contributed by atoms with E-state index in [2.05, 4.69) is 5.32 Å². The number of benzene rings is 2. The molecule has 0 saturated heterocycles. The molecule has 1 N–H and O–H groups in total. The molecule has 0 saturated carbocycles. The van der Waals surface area contributed by atoms with Crippen molar-refractivity contribution in [1.82, 2.24) is 5.32 Å². The second-order valence-electron chi connectivity index (χ2n) is 8.68. The van der Waals surface area contributed by atoms with Crippen LogP contribution in [-0.4, -0.2) is 33.0 Å². The van der Waals surface area contributed by atoms with E-state index in [1.807, 2.05) is 74.4 Å². The third kappa shape index (κ3) is 4.65. The Balaban J connectivity index is 1.66. The zero-order valence-electron chi connectivity index (χ0n) is 19.6. The van der Waals surface area contributed by atoms with E-state index in [9.17, 15) is 9.59 Å². The van der Waals surface area contributed by atoms with Crippen molar-refractivity contribution in [3.8, 4) is 5.75 Å². The maximum atomic E-state index is 13.4. The number of ketones is 1. The SMILES string of the molecule is COc1ccc(COC(=O)C2=C(C)NC3=C(C(=O)CCC3)[C@@H]2c2ccc(N(C)C)cc2)cc1. The molecule has 2 aliphatic rings. The fourth-order valence-corrected chi connectivity index (χ4v) is 4.50. The summed E-state index contributed by atoms with van der Waals surface area (Å²) in [6.07, 6.45) is 2.13. The average molecular weight is 447 g/mol. The quantitative estimate of drug-likeness (QED) is 0.661. The van der Waals surface area contributed by atoms with Gasteiger partial charge in [-0.3, -0.25) is 4.79 Å². The number of carbonyl (C=O) groups excluding carboxylic acids is 2. The van der Waals surface area contributed by atoms with Gasteiger partial charge in [0.25, 0.3) is 0 Å². The van der Waals surface area contributed by atoms with Gasteiger partial charge in [-0.2, -0.15) is 0 Å². The molecule has 2 aromatic carbocycles. The van der Waals surface area contributed by atoms with Gasteiger partial charge in [0.1, 0.15) is 12.4 Å². The van der Waals surface area contributed by atoms with Crippen molar-refractivity contribution < 1.29 is 19.1 Å². The summed E-state index contributed by atoms with van der Waals surface area (Å²) < 4.78 is 10.9. The zero-order valence-corrected chi connectivity index (χ0v) is 19.6. The first kappa shape index (κ1) is 22.6. The largest absolute Gasteiger partial charge is 0.497 e. The number of rotatable bonds is 6. The Labute approximate surface area is 194 Å². The lowest BCUT2D eigenvalue weighted by Crippen LogP contribution is -2.34. The monoisotopic (exact) mass is 446 g/mol. The number of ether oxygens (including phenoxy) is 2. The molecule has 2 aromatic rings. The number of nitrogens with one attached hydrogen (secondary N) is 1. The Hall–Kier alpha value is -3.54. The average Bonchev–Trinajstić information content (AvgIpc) is 2.82. The molecule has 0 amide bonds. The van der Waals surface area contributed by atoms with Crippen LogP contribution in [0.1, 0.15) is 43.2 Å². The van der Waals surface area contributed by atoms with Gasteiger partial charge in [0.15, 0.2) is 5.78 Å². The Bertz CT molecular complexity index is 1110. The van der Waals surface area contributed by atoms with E-state index in [1.165, 1.54) is 0 Å². The zero-order chi connectivity index (χ0) is 23.5. The number of hydrogen-bond donors (Lipinski definition) is 1. The molecule has 4 rings (SSSR count). The number of nitrogens with zero attached hydrogens (tertiary/aromatic N) is 1. The topological polar surface area (TPSA) is 67.9 Å². The predicted molar refractivity (Wildman–Crippen MR) is 128 cm³/mol. The molecule has 172 valence electrons. The molecular weight excluding hydrogens is 416 g/mol. The van der Waals surface area contributed by atoms with Gasteiger partial charge in [-0.05, 0) is 55.2 Å². The van der Waals surface area contributed by atoms with Crippen molar-refractivity contribution in [2.24, 2.45) is 0 Å². The van der Waals surface area contributed by atoms with Crippen LogP contribution in [0.4, 0.5) is 5.69 Å². The van der Waals surface area contributed by atoms with Crippen molar-refractivity contribution in [1.29, 1.82) is 0 Å². The summed E-state index contributed by atoms with van der Waals surface area (Å²) >= 11 is 0. The molecule has 1 atom stereocenters. The van der Waals surface area contributed by atoms with Crippen LogP contribution in [0.15, 0.2) is 71.1 Å². The first-order valence-electron chi connectivity index (χ1n) is 11.2. The second kappa shape index (κ2) is 9.53. The van der Waals surface area contributed by atoms with E-state index in [-0.39, 0.29) is 12.4 Å². The highest BCUT2D eigenvalue weighted by molar-refractivity contribution is 6.03. The summed E-state index contributed by atoms with van der Waals surface area (Å²) in [5, 5.41) is 3.34. The highest BCUT2D eigenvalue weighted by atomic mass is 16.5. The first-order chi connectivity index (χ1) is 15.9. The number of carbonyl (C=O) groups is 2. The molecule has 1 heterocycles. The molecule has 6 nitrogen and oxygen atoms in total. The summed E-state index contributed by atoms with van der Waals surface area (Å²) in [5.74, 6) is -0.00827. The van der Waals surface area contributed by atoms with Crippen LogP contribution in [0.25, 0.3) is 0 Å². The van der Waals surface area contributed by atoms with E-state index in [0.717, 1.165) is 46.8 Å². The summed E-state index contributed by atoms with van der Waals surface area (Å²) in [6.45, 7) is 2.03. The Morgan fingerprint density at radius 1 is 1.06 bits per heavy atom. The maximum absolute atomic E-state index is 13.4. The van der Waals surface area contributed by atoms with Gasteiger partial charge in [0.05, 0.1) is 12.7 Å². The van der Waals surface area contributed by atoms with Gasteiger partial charge in [-0.1, -0.05) is 24.3 Å². The van der Waals surface area contributed by atoms with Gasteiger partial charge in [0.2, 0.25) is 0 Å². The van der Waals surface area contributed by atoms with Gasteiger partial charge in [-0.15, -0.1) is 0 Å². The molecule has 0 fully saturated rings. The van der Waals surface area contributed by atoms with Gasteiger partial charge < -0.3 is 19.7 Å². The number of esters is 1.